The Morgan fingerprint density at radius 3 is 2.90 bits per heavy atom. The predicted molar refractivity (Wildman–Crippen MR) is 71.6 cm³/mol. The van der Waals surface area contributed by atoms with Crippen molar-refractivity contribution in [1.82, 2.24) is 9.71 Å². The SMILES string of the molecule is N#Cc1ncccc1S(=O)(=O)NC1(C(=O)O)CCSC1. The predicted octanol–water partition coefficient (Wildman–Crippen LogP) is 0.192. The molecule has 0 radical (unpaired) electrons. The molecule has 0 bridgehead atoms. The summed E-state index contributed by atoms with van der Waals surface area (Å²) in [6, 6.07) is 4.29. The van der Waals surface area contributed by atoms with Gasteiger partial charge in [-0.2, -0.15) is 21.7 Å². The van der Waals surface area contributed by atoms with Crippen molar-refractivity contribution in [1.29, 1.82) is 5.26 Å². The molecule has 1 atom stereocenters. The van der Waals surface area contributed by atoms with Gasteiger partial charge in [0.25, 0.3) is 0 Å². The summed E-state index contributed by atoms with van der Waals surface area (Å²) in [5, 5.41) is 18.2. The maximum absolute atomic E-state index is 12.3. The average Bonchev–Trinajstić information content (AvgIpc) is 2.88. The third-order valence-corrected chi connectivity index (χ3v) is 5.68. The minimum atomic E-state index is -4.12. The lowest BCUT2D eigenvalue weighted by Crippen LogP contribution is -2.54. The fourth-order valence-corrected chi connectivity index (χ4v) is 4.77. The molecule has 1 aliphatic rings. The highest BCUT2D eigenvalue weighted by Gasteiger charge is 2.45. The number of carbonyl (C=O) groups is 1. The Balaban J connectivity index is 2.41. The number of rotatable bonds is 4. The summed E-state index contributed by atoms with van der Waals surface area (Å²) < 4.78 is 26.8. The minimum absolute atomic E-state index is 0.156. The van der Waals surface area contributed by atoms with Gasteiger partial charge in [-0.05, 0) is 24.3 Å². The van der Waals surface area contributed by atoms with Crippen LogP contribution in [0.1, 0.15) is 12.1 Å². The van der Waals surface area contributed by atoms with E-state index in [4.69, 9.17) is 5.26 Å². The molecule has 9 heteroatoms. The summed E-state index contributed by atoms with van der Waals surface area (Å²) >= 11 is 1.37. The van der Waals surface area contributed by atoms with Crippen LogP contribution < -0.4 is 4.72 Å². The first kappa shape index (κ1) is 14.8. The lowest BCUT2D eigenvalue weighted by molar-refractivity contribution is -0.142. The number of hydrogen-bond acceptors (Lipinski definition) is 6. The molecule has 106 valence electrons. The van der Waals surface area contributed by atoms with E-state index in [0.29, 0.717) is 5.75 Å². The van der Waals surface area contributed by atoms with Crippen molar-refractivity contribution in [2.24, 2.45) is 0 Å². The molecule has 1 aliphatic heterocycles. The van der Waals surface area contributed by atoms with Crippen LogP contribution in [0.5, 0.6) is 0 Å². The molecule has 20 heavy (non-hydrogen) atoms. The number of hydrogen-bond donors (Lipinski definition) is 2. The smallest absolute Gasteiger partial charge is 0.325 e. The number of thioether (sulfide) groups is 1. The van der Waals surface area contributed by atoms with Gasteiger partial charge in [0.1, 0.15) is 16.5 Å². The fourth-order valence-electron chi connectivity index (χ4n) is 1.86. The molecule has 0 aliphatic carbocycles. The van der Waals surface area contributed by atoms with Crippen LogP contribution in [0.2, 0.25) is 0 Å². The second kappa shape index (κ2) is 5.40. The van der Waals surface area contributed by atoms with Gasteiger partial charge in [0.05, 0.1) is 0 Å². The molecule has 1 fully saturated rings. The molecule has 0 amide bonds. The number of nitrogens with one attached hydrogen (secondary N) is 1. The van der Waals surface area contributed by atoms with E-state index >= 15 is 0 Å². The molecule has 2 heterocycles. The Kier molecular flexibility index (Phi) is 3.99. The van der Waals surface area contributed by atoms with Crippen molar-refractivity contribution >= 4 is 27.8 Å². The first-order valence-corrected chi connectivity index (χ1v) is 8.25. The zero-order chi connectivity index (χ0) is 14.8. The van der Waals surface area contributed by atoms with Crippen LogP contribution >= 0.6 is 11.8 Å². The Labute approximate surface area is 120 Å². The Morgan fingerprint density at radius 2 is 2.35 bits per heavy atom. The minimum Gasteiger partial charge on any atom is -0.480 e. The number of aromatic nitrogens is 1. The van der Waals surface area contributed by atoms with Crippen molar-refractivity contribution in [2.75, 3.05) is 11.5 Å². The molecular formula is C11H11N3O4S2. The van der Waals surface area contributed by atoms with Crippen molar-refractivity contribution in [3.8, 4) is 6.07 Å². The van der Waals surface area contributed by atoms with Gasteiger partial charge in [-0.1, -0.05) is 0 Å². The average molecular weight is 313 g/mol. The van der Waals surface area contributed by atoms with Crippen molar-refractivity contribution in [2.45, 2.75) is 16.9 Å². The van der Waals surface area contributed by atoms with Crippen LogP contribution in [0.3, 0.4) is 0 Å². The highest BCUT2D eigenvalue weighted by atomic mass is 32.2. The highest BCUT2D eigenvalue weighted by molar-refractivity contribution is 7.99. The van der Waals surface area contributed by atoms with Gasteiger partial charge in [0.15, 0.2) is 5.69 Å². The molecule has 2 N–H and O–H groups in total. The van der Waals surface area contributed by atoms with Gasteiger partial charge >= 0.3 is 5.97 Å². The number of nitrogens with zero attached hydrogens (tertiary/aromatic N) is 2. The molecule has 1 aromatic heterocycles. The maximum atomic E-state index is 12.3. The molecule has 0 saturated carbocycles. The number of pyridine rings is 1. The zero-order valence-electron chi connectivity index (χ0n) is 10.2. The summed E-state index contributed by atoms with van der Waals surface area (Å²) in [7, 11) is -4.12. The van der Waals surface area contributed by atoms with E-state index in [0.717, 1.165) is 0 Å². The van der Waals surface area contributed by atoms with Crippen LogP contribution in [0.15, 0.2) is 23.2 Å². The third kappa shape index (κ3) is 2.63. The number of nitriles is 1. The summed E-state index contributed by atoms with van der Waals surface area (Å²) in [6.07, 6.45) is 1.50. The molecule has 1 unspecified atom stereocenters. The number of carboxylic acids is 1. The van der Waals surface area contributed by atoms with Crippen LogP contribution in [-0.2, 0) is 14.8 Å². The lowest BCUT2D eigenvalue weighted by Gasteiger charge is -2.24. The second-order valence-electron chi connectivity index (χ2n) is 4.26. The third-order valence-electron chi connectivity index (χ3n) is 2.93. The summed E-state index contributed by atoms with van der Waals surface area (Å²) in [5.41, 5.74) is -1.78. The number of sulfonamides is 1. The standard InChI is InChI=1S/C11H11N3O4S2/c12-6-8-9(2-1-4-13-8)20(17,18)14-11(10(15)16)3-5-19-7-11/h1-2,4,14H,3,5,7H2,(H,15,16). The molecular weight excluding hydrogens is 302 g/mol. The molecule has 0 spiro atoms. The van der Waals surface area contributed by atoms with Crippen molar-refractivity contribution < 1.29 is 18.3 Å². The number of aliphatic carboxylic acids is 1. The van der Waals surface area contributed by atoms with Crippen molar-refractivity contribution in [3.05, 3.63) is 24.0 Å². The van der Waals surface area contributed by atoms with E-state index in [2.05, 4.69) is 9.71 Å². The highest BCUT2D eigenvalue weighted by Crippen LogP contribution is 2.30. The lowest BCUT2D eigenvalue weighted by atomic mass is 10.0. The van der Waals surface area contributed by atoms with E-state index in [9.17, 15) is 18.3 Å². The van der Waals surface area contributed by atoms with Gasteiger partial charge in [-0.15, -0.1) is 0 Å². The fraction of sp³-hybridized carbons (Fsp3) is 0.364. The van der Waals surface area contributed by atoms with E-state index < -0.39 is 21.5 Å². The summed E-state index contributed by atoms with van der Waals surface area (Å²) in [5.74, 6) is -0.495. The largest absolute Gasteiger partial charge is 0.480 e. The van der Waals surface area contributed by atoms with Gasteiger partial charge in [0, 0.05) is 11.9 Å². The zero-order valence-corrected chi connectivity index (χ0v) is 11.9. The Hall–Kier alpha value is -1.63. The molecule has 7 nitrogen and oxygen atoms in total. The first-order valence-electron chi connectivity index (χ1n) is 5.61. The Bertz CT molecular complexity index is 675. The molecule has 1 aromatic rings. The Morgan fingerprint density at radius 1 is 1.60 bits per heavy atom. The van der Waals surface area contributed by atoms with Crippen LogP contribution in [-0.4, -0.2) is 41.5 Å². The summed E-state index contributed by atoms with van der Waals surface area (Å²) in [6.45, 7) is 0. The van der Waals surface area contributed by atoms with E-state index in [1.54, 1.807) is 6.07 Å². The number of carboxylic acid groups (broad SMARTS) is 1. The van der Waals surface area contributed by atoms with E-state index in [-0.39, 0.29) is 22.8 Å². The van der Waals surface area contributed by atoms with Crippen molar-refractivity contribution in [3.63, 3.8) is 0 Å². The molecule has 1 saturated heterocycles. The first-order chi connectivity index (χ1) is 9.41. The topological polar surface area (TPSA) is 120 Å². The van der Waals surface area contributed by atoms with Crippen LogP contribution in [0.25, 0.3) is 0 Å². The maximum Gasteiger partial charge on any atom is 0.325 e. The van der Waals surface area contributed by atoms with Gasteiger partial charge < -0.3 is 5.11 Å². The second-order valence-corrected chi connectivity index (χ2v) is 7.01. The van der Waals surface area contributed by atoms with Gasteiger partial charge in [0.2, 0.25) is 10.0 Å². The van der Waals surface area contributed by atoms with Gasteiger partial charge in [-0.25, -0.2) is 13.4 Å². The molecule has 2 rings (SSSR count). The van der Waals surface area contributed by atoms with E-state index in [1.807, 2.05) is 0 Å². The van der Waals surface area contributed by atoms with E-state index in [1.165, 1.54) is 30.1 Å². The van der Waals surface area contributed by atoms with Crippen LogP contribution in [0.4, 0.5) is 0 Å². The quantitative estimate of drug-likeness (QED) is 0.814. The molecule has 0 aromatic carbocycles. The normalized spacial score (nSPS) is 22.4. The van der Waals surface area contributed by atoms with Gasteiger partial charge in [-0.3, -0.25) is 4.79 Å². The summed E-state index contributed by atoms with van der Waals surface area (Å²) in [4.78, 5) is 14.7. The monoisotopic (exact) mass is 313 g/mol. The van der Waals surface area contributed by atoms with Crippen LogP contribution in [0, 0.1) is 11.3 Å².